The average molecular weight is 369 g/mol. The first-order valence-corrected chi connectivity index (χ1v) is 8.81. The highest BCUT2D eigenvalue weighted by Gasteiger charge is 2.21. The number of hydrogen-bond donors (Lipinski definition) is 1. The van der Waals surface area contributed by atoms with E-state index in [0.717, 1.165) is 24.2 Å². The summed E-state index contributed by atoms with van der Waals surface area (Å²) in [7, 11) is 0. The number of imidazole rings is 1. The predicted molar refractivity (Wildman–Crippen MR) is 99.4 cm³/mol. The summed E-state index contributed by atoms with van der Waals surface area (Å²) < 4.78 is 1.67. The lowest BCUT2D eigenvalue weighted by atomic mass is 10.2. The van der Waals surface area contributed by atoms with Crippen molar-refractivity contribution in [1.29, 1.82) is 0 Å². The molecule has 0 unspecified atom stereocenters. The number of nitrogens with one attached hydrogen (secondary N) is 1. The summed E-state index contributed by atoms with van der Waals surface area (Å²) in [6.45, 7) is 1.13. The number of carbonyl (C=O) groups excluding carboxylic acids is 2. The molecule has 2 aromatic heterocycles. The van der Waals surface area contributed by atoms with Crippen LogP contribution in [0.2, 0.25) is 5.15 Å². The maximum atomic E-state index is 12.5. The van der Waals surface area contributed by atoms with Crippen molar-refractivity contribution in [3.8, 4) is 0 Å². The molecule has 7 heteroatoms. The van der Waals surface area contributed by atoms with Gasteiger partial charge in [0.05, 0.1) is 0 Å². The monoisotopic (exact) mass is 368 g/mol. The molecular weight excluding hydrogens is 352 g/mol. The van der Waals surface area contributed by atoms with E-state index in [4.69, 9.17) is 11.6 Å². The van der Waals surface area contributed by atoms with Crippen LogP contribution in [0.4, 0.5) is 5.69 Å². The number of aromatic nitrogens is 2. The zero-order valence-electron chi connectivity index (χ0n) is 14.0. The molecule has 3 heterocycles. The van der Waals surface area contributed by atoms with Crippen molar-refractivity contribution in [3.05, 3.63) is 65.1 Å². The molecule has 1 aliphatic heterocycles. The van der Waals surface area contributed by atoms with Gasteiger partial charge in [-0.3, -0.25) is 14.0 Å². The van der Waals surface area contributed by atoms with Gasteiger partial charge < -0.3 is 10.2 Å². The van der Waals surface area contributed by atoms with Crippen LogP contribution < -0.4 is 10.2 Å². The van der Waals surface area contributed by atoms with Crippen molar-refractivity contribution >= 4 is 34.7 Å². The van der Waals surface area contributed by atoms with Crippen molar-refractivity contribution < 1.29 is 9.59 Å². The number of benzene rings is 1. The van der Waals surface area contributed by atoms with Crippen molar-refractivity contribution in [1.82, 2.24) is 14.7 Å². The minimum Gasteiger partial charge on any atom is -0.347 e. The SMILES string of the molecule is O=C(NCc1ccc(N2CCCC2=O)cc1)c1c(Cl)nc2ccccn12. The van der Waals surface area contributed by atoms with Crippen molar-refractivity contribution in [2.45, 2.75) is 19.4 Å². The normalized spacial score (nSPS) is 14.2. The first-order valence-electron chi connectivity index (χ1n) is 8.43. The molecule has 1 aliphatic rings. The van der Waals surface area contributed by atoms with Crippen LogP contribution in [0.1, 0.15) is 28.9 Å². The number of halogens is 1. The van der Waals surface area contributed by atoms with Crippen LogP contribution in [-0.4, -0.2) is 27.7 Å². The minimum absolute atomic E-state index is 0.160. The van der Waals surface area contributed by atoms with E-state index < -0.39 is 0 Å². The lowest BCUT2D eigenvalue weighted by Gasteiger charge is -2.16. The summed E-state index contributed by atoms with van der Waals surface area (Å²) in [5.41, 5.74) is 2.79. The number of hydrogen-bond acceptors (Lipinski definition) is 3. The average Bonchev–Trinajstić information content (AvgIpc) is 3.22. The van der Waals surface area contributed by atoms with E-state index in [1.165, 1.54) is 0 Å². The summed E-state index contributed by atoms with van der Waals surface area (Å²) >= 11 is 6.12. The molecule has 1 aromatic carbocycles. The molecule has 132 valence electrons. The van der Waals surface area contributed by atoms with Crippen LogP contribution in [0.5, 0.6) is 0 Å². The summed E-state index contributed by atoms with van der Waals surface area (Å²) in [6.07, 6.45) is 3.26. The Bertz CT molecular complexity index is 981. The van der Waals surface area contributed by atoms with Gasteiger partial charge in [-0.25, -0.2) is 4.98 Å². The Hall–Kier alpha value is -2.86. The van der Waals surface area contributed by atoms with E-state index in [1.807, 2.05) is 36.4 Å². The highest BCUT2D eigenvalue weighted by Crippen LogP contribution is 2.22. The highest BCUT2D eigenvalue weighted by atomic mass is 35.5. The molecule has 0 saturated carbocycles. The Morgan fingerprint density at radius 2 is 2.00 bits per heavy atom. The fraction of sp³-hybridized carbons (Fsp3) is 0.211. The number of amides is 2. The zero-order valence-corrected chi connectivity index (χ0v) is 14.7. The maximum Gasteiger partial charge on any atom is 0.271 e. The summed E-state index contributed by atoms with van der Waals surface area (Å²) in [6, 6.07) is 13.1. The van der Waals surface area contributed by atoms with Gasteiger partial charge in [0.15, 0.2) is 10.8 Å². The Balaban J connectivity index is 1.46. The third kappa shape index (κ3) is 3.04. The first kappa shape index (κ1) is 16.6. The quantitative estimate of drug-likeness (QED) is 0.769. The van der Waals surface area contributed by atoms with Crippen LogP contribution in [-0.2, 0) is 11.3 Å². The molecule has 26 heavy (non-hydrogen) atoms. The number of carbonyl (C=O) groups is 2. The number of anilines is 1. The molecule has 1 saturated heterocycles. The van der Waals surface area contributed by atoms with Crippen molar-refractivity contribution in [2.75, 3.05) is 11.4 Å². The van der Waals surface area contributed by atoms with E-state index in [1.54, 1.807) is 21.6 Å². The Kier molecular flexibility index (Phi) is 4.34. The minimum atomic E-state index is -0.285. The molecule has 0 aliphatic carbocycles. The lowest BCUT2D eigenvalue weighted by Crippen LogP contribution is -2.25. The van der Waals surface area contributed by atoms with Crippen molar-refractivity contribution in [3.63, 3.8) is 0 Å². The van der Waals surface area contributed by atoms with Gasteiger partial charge in [0.1, 0.15) is 5.65 Å². The second kappa shape index (κ2) is 6.80. The summed E-state index contributed by atoms with van der Waals surface area (Å²) in [4.78, 5) is 30.3. The molecule has 1 fully saturated rings. The first-order chi connectivity index (χ1) is 12.6. The molecule has 0 atom stereocenters. The molecule has 6 nitrogen and oxygen atoms in total. The van der Waals surface area contributed by atoms with Crippen molar-refractivity contribution in [2.24, 2.45) is 0 Å². The van der Waals surface area contributed by atoms with Gasteiger partial charge in [-0.15, -0.1) is 0 Å². The maximum absolute atomic E-state index is 12.5. The predicted octanol–water partition coefficient (Wildman–Crippen LogP) is 3.04. The number of rotatable bonds is 4. The number of pyridine rings is 1. The molecule has 3 aromatic rings. The summed E-state index contributed by atoms with van der Waals surface area (Å²) in [5.74, 6) is -0.124. The van der Waals surface area contributed by atoms with Gasteiger partial charge in [-0.05, 0) is 36.2 Å². The molecule has 1 N–H and O–H groups in total. The second-order valence-corrected chi connectivity index (χ2v) is 6.54. The third-order valence-electron chi connectivity index (χ3n) is 4.48. The van der Waals surface area contributed by atoms with Gasteiger partial charge in [-0.1, -0.05) is 29.8 Å². The molecule has 0 radical (unpaired) electrons. The fourth-order valence-electron chi connectivity index (χ4n) is 3.15. The largest absolute Gasteiger partial charge is 0.347 e. The standard InChI is InChI=1S/C19H17ClN4O2/c20-18-17(24-10-2-1-4-15(24)22-18)19(26)21-12-13-6-8-14(9-7-13)23-11-3-5-16(23)25/h1-2,4,6-10H,3,5,11-12H2,(H,21,26). The lowest BCUT2D eigenvalue weighted by molar-refractivity contribution is -0.117. The Labute approximate surface area is 155 Å². The van der Waals surface area contributed by atoms with Crippen LogP contribution in [0, 0.1) is 0 Å². The van der Waals surface area contributed by atoms with E-state index >= 15 is 0 Å². The molecular formula is C19H17ClN4O2. The van der Waals surface area contributed by atoms with E-state index in [-0.39, 0.29) is 17.0 Å². The second-order valence-electron chi connectivity index (χ2n) is 6.18. The molecule has 2 amide bonds. The third-order valence-corrected chi connectivity index (χ3v) is 4.74. The zero-order chi connectivity index (χ0) is 18.1. The Morgan fingerprint density at radius 1 is 1.19 bits per heavy atom. The van der Waals surface area contributed by atoms with E-state index in [9.17, 15) is 9.59 Å². The fourth-order valence-corrected chi connectivity index (χ4v) is 3.41. The van der Waals surface area contributed by atoms with E-state index in [2.05, 4.69) is 10.3 Å². The van der Waals surface area contributed by atoms with Crippen LogP contribution in [0.15, 0.2) is 48.7 Å². The summed E-state index contributed by atoms with van der Waals surface area (Å²) in [5, 5.41) is 3.04. The van der Waals surface area contributed by atoms with Gasteiger partial charge in [0.25, 0.3) is 5.91 Å². The number of fused-ring (bicyclic) bond motifs is 1. The van der Waals surface area contributed by atoms with Crippen LogP contribution in [0.3, 0.4) is 0 Å². The topological polar surface area (TPSA) is 66.7 Å². The highest BCUT2D eigenvalue weighted by molar-refractivity contribution is 6.32. The smallest absolute Gasteiger partial charge is 0.271 e. The van der Waals surface area contributed by atoms with E-state index in [0.29, 0.717) is 24.3 Å². The molecule has 0 spiro atoms. The number of nitrogens with zero attached hydrogens (tertiary/aromatic N) is 3. The van der Waals surface area contributed by atoms with Crippen LogP contribution >= 0.6 is 11.6 Å². The Morgan fingerprint density at radius 3 is 2.73 bits per heavy atom. The van der Waals surface area contributed by atoms with Gasteiger partial charge >= 0.3 is 0 Å². The van der Waals surface area contributed by atoms with Crippen LogP contribution in [0.25, 0.3) is 5.65 Å². The van der Waals surface area contributed by atoms with Gasteiger partial charge in [0.2, 0.25) is 5.91 Å². The van der Waals surface area contributed by atoms with Gasteiger partial charge in [0, 0.05) is 31.4 Å². The van der Waals surface area contributed by atoms with Gasteiger partial charge in [-0.2, -0.15) is 0 Å². The molecule has 4 rings (SSSR count). The molecule has 0 bridgehead atoms.